The van der Waals surface area contributed by atoms with Crippen molar-refractivity contribution in [3.05, 3.63) is 65.0 Å². The molecule has 0 saturated heterocycles. The van der Waals surface area contributed by atoms with Crippen LogP contribution in [0.15, 0.2) is 36.4 Å². The number of benzene rings is 2. The fraction of sp³-hybridized carbons (Fsp3) is 0.294. The van der Waals surface area contributed by atoms with E-state index in [0.29, 0.717) is 18.1 Å². The Morgan fingerprint density at radius 1 is 0.952 bits per heavy atom. The van der Waals surface area contributed by atoms with Gasteiger partial charge in [0.2, 0.25) is 0 Å². The maximum Gasteiger partial charge on any atom is 0.152 e. The van der Waals surface area contributed by atoms with Crippen LogP contribution in [0.3, 0.4) is 0 Å². The zero-order valence-electron chi connectivity index (χ0n) is 11.7. The van der Waals surface area contributed by atoms with E-state index in [4.69, 9.17) is 0 Å². The van der Waals surface area contributed by atoms with Crippen LogP contribution in [0, 0.1) is 24.4 Å². The predicted molar refractivity (Wildman–Crippen MR) is 76.9 cm³/mol. The topological polar surface area (TPSA) is 12.0 Å². The Labute approximate surface area is 121 Å². The zero-order valence-corrected chi connectivity index (χ0v) is 11.7. The van der Waals surface area contributed by atoms with Crippen LogP contribution in [-0.2, 0) is 0 Å². The molecule has 1 saturated carbocycles. The van der Waals surface area contributed by atoms with Crippen molar-refractivity contribution in [2.75, 3.05) is 5.32 Å². The molecule has 0 aliphatic heterocycles. The molecule has 1 aliphatic rings. The molecule has 0 atom stereocenters. The summed E-state index contributed by atoms with van der Waals surface area (Å²) < 4.78 is 40.0. The minimum atomic E-state index is -0.901. The number of hydrogen-bond donors (Lipinski definition) is 1. The Bertz CT molecular complexity index is 623. The van der Waals surface area contributed by atoms with Crippen molar-refractivity contribution in [3.8, 4) is 0 Å². The smallest absolute Gasteiger partial charge is 0.152 e. The van der Waals surface area contributed by atoms with Crippen LogP contribution < -0.4 is 5.32 Å². The van der Waals surface area contributed by atoms with Crippen LogP contribution in [0.1, 0.15) is 29.9 Å². The van der Waals surface area contributed by atoms with E-state index in [1.807, 2.05) is 6.92 Å². The molecule has 2 aromatic rings. The minimum Gasteiger partial charge on any atom is -0.378 e. The molecule has 110 valence electrons. The largest absolute Gasteiger partial charge is 0.378 e. The highest BCUT2D eigenvalue weighted by Crippen LogP contribution is 2.39. The molecule has 1 nitrogen and oxygen atoms in total. The summed E-state index contributed by atoms with van der Waals surface area (Å²) in [5, 5.41) is 2.84. The Morgan fingerprint density at radius 2 is 1.52 bits per heavy atom. The third kappa shape index (κ3) is 2.89. The fourth-order valence-electron chi connectivity index (χ4n) is 2.73. The Morgan fingerprint density at radius 3 is 2.10 bits per heavy atom. The summed E-state index contributed by atoms with van der Waals surface area (Å²) in [5.41, 5.74) is 2.23. The highest BCUT2D eigenvalue weighted by Gasteiger charge is 2.31. The van der Waals surface area contributed by atoms with E-state index in [1.165, 1.54) is 11.1 Å². The molecule has 1 aliphatic carbocycles. The normalized spacial score (nSPS) is 21.0. The van der Waals surface area contributed by atoms with Gasteiger partial charge in [-0.15, -0.1) is 0 Å². The quantitative estimate of drug-likeness (QED) is 0.859. The van der Waals surface area contributed by atoms with E-state index in [0.717, 1.165) is 12.8 Å². The molecule has 1 fully saturated rings. The molecule has 0 bridgehead atoms. The van der Waals surface area contributed by atoms with E-state index < -0.39 is 17.5 Å². The van der Waals surface area contributed by atoms with Crippen molar-refractivity contribution in [1.82, 2.24) is 0 Å². The molecule has 3 rings (SSSR count). The van der Waals surface area contributed by atoms with Gasteiger partial charge in [0, 0.05) is 18.2 Å². The monoisotopic (exact) mass is 291 g/mol. The second-order valence-electron chi connectivity index (χ2n) is 5.66. The van der Waals surface area contributed by atoms with E-state index in [2.05, 4.69) is 29.6 Å². The first kappa shape index (κ1) is 14.0. The van der Waals surface area contributed by atoms with Gasteiger partial charge in [-0.05, 0) is 31.2 Å². The Balaban J connectivity index is 1.64. The lowest BCUT2D eigenvalue weighted by Gasteiger charge is -2.37. The summed E-state index contributed by atoms with van der Waals surface area (Å²) in [6, 6.07) is 9.73. The second kappa shape index (κ2) is 5.43. The van der Waals surface area contributed by atoms with Crippen molar-refractivity contribution in [2.24, 2.45) is 0 Å². The van der Waals surface area contributed by atoms with Gasteiger partial charge in [0.05, 0.1) is 0 Å². The molecule has 0 spiro atoms. The highest BCUT2D eigenvalue weighted by molar-refractivity contribution is 5.48. The van der Waals surface area contributed by atoms with Crippen molar-refractivity contribution in [1.29, 1.82) is 0 Å². The summed E-state index contributed by atoms with van der Waals surface area (Å²) >= 11 is 0. The fourth-order valence-corrected chi connectivity index (χ4v) is 2.73. The van der Waals surface area contributed by atoms with E-state index in [-0.39, 0.29) is 11.7 Å². The number of anilines is 1. The van der Waals surface area contributed by atoms with Gasteiger partial charge in [0.25, 0.3) is 0 Å². The number of nitrogens with one attached hydrogen (secondary N) is 1. The van der Waals surface area contributed by atoms with Gasteiger partial charge in [0.15, 0.2) is 11.6 Å². The molecular formula is C17H16F3N. The Kier molecular flexibility index (Phi) is 3.62. The summed E-state index contributed by atoms with van der Waals surface area (Å²) in [4.78, 5) is 0. The molecule has 0 unspecified atom stereocenters. The van der Waals surface area contributed by atoms with Gasteiger partial charge in [-0.25, -0.2) is 13.2 Å². The van der Waals surface area contributed by atoms with Gasteiger partial charge in [0.1, 0.15) is 11.5 Å². The average molecular weight is 291 g/mol. The van der Waals surface area contributed by atoms with Gasteiger partial charge in [-0.2, -0.15) is 0 Å². The number of halogens is 3. The molecule has 0 heterocycles. The predicted octanol–water partition coefficient (Wildman–Crippen LogP) is 4.77. The Hall–Kier alpha value is -1.97. The molecule has 21 heavy (non-hydrogen) atoms. The summed E-state index contributed by atoms with van der Waals surface area (Å²) in [6.07, 6.45) is 1.64. The van der Waals surface area contributed by atoms with Crippen LogP contribution in [0.5, 0.6) is 0 Å². The standard InChI is InChI=1S/C17H16F3N/c1-10-2-4-11(5-3-10)12-6-14(7-12)21-17-15(19)8-13(18)9-16(17)20/h2-5,8-9,12,14,21H,6-7H2,1H3. The number of aryl methyl sites for hydroxylation is 1. The lowest BCUT2D eigenvalue weighted by Crippen LogP contribution is -2.34. The van der Waals surface area contributed by atoms with E-state index in [9.17, 15) is 13.2 Å². The molecule has 0 radical (unpaired) electrons. The first-order valence-corrected chi connectivity index (χ1v) is 7.00. The molecule has 4 heteroatoms. The van der Waals surface area contributed by atoms with Gasteiger partial charge < -0.3 is 5.32 Å². The molecule has 0 aromatic heterocycles. The van der Waals surface area contributed by atoms with E-state index in [1.54, 1.807) is 0 Å². The first-order valence-electron chi connectivity index (χ1n) is 7.00. The van der Waals surface area contributed by atoms with Crippen molar-refractivity contribution in [2.45, 2.75) is 31.7 Å². The third-order valence-corrected chi connectivity index (χ3v) is 4.04. The molecule has 0 amide bonds. The van der Waals surface area contributed by atoms with Crippen LogP contribution >= 0.6 is 0 Å². The SMILES string of the molecule is Cc1ccc(C2CC(Nc3c(F)cc(F)cc3F)C2)cc1. The zero-order chi connectivity index (χ0) is 15.0. The number of rotatable bonds is 3. The van der Waals surface area contributed by atoms with Crippen LogP contribution in [-0.4, -0.2) is 6.04 Å². The van der Waals surface area contributed by atoms with Crippen molar-refractivity contribution in [3.63, 3.8) is 0 Å². The van der Waals surface area contributed by atoms with Gasteiger partial charge >= 0.3 is 0 Å². The summed E-state index contributed by atoms with van der Waals surface area (Å²) in [6.45, 7) is 2.04. The van der Waals surface area contributed by atoms with Crippen LogP contribution in [0.4, 0.5) is 18.9 Å². The summed E-state index contributed by atoms with van der Waals surface area (Å²) in [5.74, 6) is -2.26. The average Bonchev–Trinajstić information content (AvgIpc) is 2.37. The van der Waals surface area contributed by atoms with Crippen molar-refractivity contribution >= 4 is 5.69 Å². The second-order valence-corrected chi connectivity index (χ2v) is 5.66. The summed E-state index contributed by atoms with van der Waals surface area (Å²) in [7, 11) is 0. The molecule has 2 aromatic carbocycles. The highest BCUT2D eigenvalue weighted by atomic mass is 19.1. The lowest BCUT2D eigenvalue weighted by molar-refractivity contribution is 0.371. The van der Waals surface area contributed by atoms with Gasteiger partial charge in [-0.3, -0.25) is 0 Å². The maximum absolute atomic E-state index is 13.6. The van der Waals surface area contributed by atoms with Crippen molar-refractivity contribution < 1.29 is 13.2 Å². The number of hydrogen-bond acceptors (Lipinski definition) is 1. The first-order chi connectivity index (χ1) is 10.0. The minimum absolute atomic E-state index is 0.0192. The van der Waals surface area contributed by atoms with Crippen LogP contribution in [0.25, 0.3) is 0 Å². The van der Waals surface area contributed by atoms with Gasteiger partial charge in [-0.1, -0.05) is 29.8 Å². The lowest BCUT2D eigenvalue weighted by atomic mass is 9.75. The molecule has 1 N–H and O–H groups in total. The molecular weight excluding hydrogens is 275 g/mol. The maximum atomic E-state index is 13.6. The van der Waals surface area contributed by atoms with Crippen LogP contribution in [0.2, 0.25) is 0 Å². The van der Waals surface area contributed by atoms with E-state index >= 15 is 0 Å². The third-order valence-electron chi connectivity index (χ3n) is 4.04.